The van der Waals surface area contributed by atoms with E-state index in [-0.39, 0.29) is 0 Å². The number of aromatic nitrogens is 2. The lowest BCUT2D eigenvalue weighted by molar-refractivity contribution is 0.315. The molecule has 1 atom stereocenters. The number of nitrogens with zero attached hydrogens (tertiary/aromatic N) is 4. The van der Waals surface area contributed by atoms with E-state index >= 15 is 0 Å². The molecule has 1 saturated heterocycles. The van der Waals surface area contributed by atoms with Crippen molar-refractivity contribution in [1.29, 1.82) is 0 Å². The molecule has 0 N–H and O–H groups in total. The molecule has 1 unspecified atom stereocenters. The first-order valence-corrected chi connectivity index (χ1v) is 6.86. The van der Waals surface area contributed by atoms with Gasteiger partial charge in [-0.15, -0.1) is 0 Å². The van der Waals surface area contributed by atoms with E-state index in [2.05, 4.69) is 39.9 Å². The van der Waals surface area contributed by atoms with Gasteiger partial charge < -0.3 is 9.80 Å². The van der Waals surface area contributed by atoms with Crippen molar-refractivity contribution in [3.05, 3.63) is 29.5 Å². The highest BCUT2D eigenvalue weighted by atomic mass is 35.5. The summed E-state index contributed by atoms with van der Waals surface area (Å²) < 4.78 is 0. The average Bonchev–Trinajstić information content (AvgIpc) is 2.87. The third kappa shape index (κ3) is 2.38. The van der Waals surface area contributed by atoms with Crippen LogP contribution in [0.2, 0.25) is 5.28 Å². The summed E-state index contributed by atoms with van der Waals surface area (Å²) in [6.07, 6.45) is 1.16. The molecule has 0 saturated carbocycles. The third-order valence-electron chi connectivity index (χ3n) is 3.75. The Kier molecular flexibility index (Phi) is 3.29. The van der Waals surface area contributed by atoms with Gasteiger partial charge in [-0.1, -0.05) is 12.1 Å². The number of anilines is 1. The molecule has 0 spiro atoms. The minimum absolute atomic E-state index is 0.321. The van der Waals surface area contributed by atoms with E-state index in [1.54, 1.807) is 0 Å². The summed E-state index contributed by atoms with van der Waals surface area (Å²) in [5.74, 6) is 0.958. The van der Waals surface area contributed by atoms with Crippen LogP contribution in [-0.2, 0) is 0 Å². The second-order valence-electron chi connectivity index (χ2n) is 5.19. The van der Waals surface area contributed by atoms with Gasteiger partial charge in [0.25, 0.3) is 0 Å². The molecule has 2 heterocycles. The monoisotopic (exact) mass is 276 g/mol. The topological polar surface area (TPSA) is 32.3 Å². The summed E-state index contributed by atoms with van der Waals surface area (Å²) in [5.41, 5.74) is 0.908. The van der Waals surface area contributed by atoms with Gasteiger partial charge in [0.2, 0.25) is 5.28 Å². The van der Waals surface area contributed by atoms with Crippen LogP contribution in [0.25, 0.3) is 10.9 Å². The summed E-state index contributed by atoms with van der Waals surface area (Å²) in [4.78, 5) is 13.3. The lowest BCUT2D eigenvalue weighted by Gasteiger charge is -2.22. The maximum Gasteiger partial charge on any atom is 0.224 e. The fourth-order valence-electron chi connectivity index (χ4n) is 2.63. The van der Waals surface area contributed by atoms with Crippen molar-refractivity contribution in [3.8, 4) is 0 Å². The standard InChI is InChI=1S/C14H17ClN4/c1-18(2)10-7-8-19(9-10)13-11-5-3-4-6-12(11)16-14(15)17-13/h3-6,10H,7-9H2,1-2H3. The number of likely N-dealkylation sites (N-methyl/N-ethyl adjacent to an activating group) is 1. The number of hydrogen-bond donors (Lipinski definition) is 0. The van der Waals surface area contributed by atoms with Gasteiger partial charge in [-0.25, -0.2) is 4.98 Å². The Hall–Kier alpha value is -1.39. The van der Waals surface area contributed by atoms with E-state index in [1.807, 2.05) is 18.2 Å². The van der Waals surface area contributed by atoms with Crippen molar-refractivity contribution in [3.63, 3.8) is 0 Å². The predicted octanol–water partition coefficient (Wildman–Crippen LogP) is 2.42. The zero-order valence-electron chi connectivity index (χ0n) is 11.2. The summed E-state index contributed by atoms with van der Waals surface area (Å²) >= 11 is 6.04. The molecule has 1 aromatic carbocycles. The van der Waals surface area contributed by atoms with Crippen LogP contribution >= 0.6 is 11.6 Å². The predicted molar refractivity (Wildman–Crippen MR) is 78.9 cm³/mol. The first-order chi connectivity index (χ1) is 9.15. The van der Waals surface area contributed by atoms with Crippen LogP contribution in [0, 0.1) is 0 Å². The Morgan fingerprint density at radius 2 is 2.05 bits per heavy atom. The minimum atomic E-state index is 0.321. The fourth-order valence-corrected chi connectivity index (χ4v) is 2.80. The molecule has 1 aliphatic rings. The number of para-hydroxylation sites is 1. The van der Waals surface area contributed by atoms with Crippen LogP contribution in [-0.4, -0.2) is 48.1 Å². The number of halogens is 1. The SMILES string of the molecule is CN(C)C1CCN(c2nc(Cl)nc3ccccc23)C1. The first-order valence-electron chi connectivity index (χ1n) is 6.49. The molecule has 4 nitrogen and oxygen atoms in total. The number of fused-ring (bicyclic) bond motifs is 1. The largest absolute Gasteiger partial charge is 0.354 e. The highest BCUT2D eigenvalue weighted by Gasteiger charge is 2.26. The summed E-state index contributed by atoms with van der Waals surface area (Å²) in [5, 5.41) is 1.40. The Morgan fingerprint density at radius 3 is 2.79 bits per heavy atom. The summed E-state index contributed by atoms with van der Waals surface area (Å²) in [7, 11) is 4.25. The van der Waals surface area contributed by atoms with E-state index in [9.17, 15) is 0 Å². The molecule has 0 bridgehead atoms. The molecule has 1 fully saturated rings. The van der Waals surface area contributed by atoms with Gasteiger partial charge >= 0.3 is 0 Å². The molecular formula is C14H17ClN4. The highest BCUT2D eigenvalue weighted by Crippen LogP contribution is 2.28. The second-order valence-corrected chi connectivity index (χ2v) is 5.52. The van der Waals surface area contributed by atoms with E-state index < -0.39 is 0 Å². The van der Waals surface area contributed by atoms with Crippen LogP contribution in [0.4, 0.5) is 5.82 Å². The second kappa shape index (κ2) is 4.94. The van der Waals surface area contributed by atoms with Gasteiger partial charge in [0.05, 0.1) is 5.52 Å². The quantitative estimate of drug-likeness (QED) is 0.789. The van der Waals surface area contributed by atoms with Crippen LogP contribution in [0.5, 0.6) is 0 Å². The van der Waals surface area contributed by atoms with Gasteiger partial charge in [-0.2, -0.15) is 4.98 Å². The third-order valence-corrected chi connectivity index (χ3v) is 3.92. The minimum Gasteiger partial charge on any atom is -0.354 e. The summed E-state index contributed by atoms with van der Waals surface area (Å²) in [6, 6.07) is 8.60. The van der Waals surface area contributed by atoms with E-state index in [4.69, 9.17) is 11.6 Å². The average molecular weight is 277 g/mol. The van der Waals surface area contributed by atoms with Crippen LogP contribution in [0.15, 0.2) is 24.3 Å². The lowest BCUT2D eigenvalue weighted by atomic mass is 10.2. The van der Waals surface area contributed by atoms with Crippen LogP contribution in [0.1, 0.15) is 6.42 Å². The van der Waals surface area contributed by atoms with Crippen molar-refractivity contribution >= 4 is 28.3 Å². The molecule has 100 valence electrons. The Balaban J connectivity index is 2.01. The van der Waals surface area contributed by atoms with Gasteiger partial charge in [0.1, 0.15) is 5.82 Å². The van der Waals surface area contributed by atoms with E-state index in [1.165, 1.54) is 0 Å². The zero-order valence-corrected chi connectivity index (χ0v) is 11.9. The number of rotatable bonds is 2. The molecule has 0 aliphatic carbocycles. The van der Waals surface area contributed by atoms with Crippen molar-refractivity contribution in [2.24, 2.45) is 0 Å². The van der Waals surface area contributed by atoms with Gasteiger partial charge in [0.15, 0.2) is 0 Å². The Morgan fingerprint density at radius 1 is 1.26 bits per heavy atom. The molecule has 2 aromatic rings. The molecule has 3 rings (SSSR count). The number of hydrogen-bond acceptors (Lipinski definition) is 4. The Labute approximate surface area is 118 Å². The van der Waals surface area contributed by atoms with E-state index in [0.29, 0.717) is 11.3 Å². The molecule has 0 radical (unpaired) electrons. The molecular weight excluding hydrogens is 260 g/mol. The maximum atomic E-state index is 6.04. The molecule has 0 amide bonds. The summed E-state index contributed by atoms with van der Waals surface area (Å²) in [6.45, 7) is 2.00. The molecule has 1 aromatic heterocycles. The fraction of sp³-hybridized carbons (Fsp3) is 0.429. The smallest absolute Gasteiger partial charge is 0.224 e. The molecule has 19 heavy (non-hydrogen) atoms. The zero-order chi connectivity index (χ0) is 13.4. The lowest BCUT2D eigenvalue weighted by Crippen LogP contribution is -2.31. The van der Waals surface area contributed by atoms with Crippen LogP contribution in [0.3, 0.4) is 0 Å². The Bertz CT molecular complexity index is 599. The highest BCUT2D eigenvalue weighted by molar-refractivity contribution is 6.28. The van der Waals surface area contributed by atoms with Gasteiger partial charge in [-0.3, -0.25) is 0 Å². The van der Waals surface area contributed by atoms with Crippen molar-refractivity contribution in [2.75, 3.05) is 32.1 Å². The van der Waals surface area contributed by atoms with Gasteiger partial charge in [-0.05, 0) is 44.2 Å². The van der Waals surface area contributed by atoms with Crippen molar-refractivity contribution in [2.45, 2.75) is 12.5 Å². The van der Waals surface area contributed by atoms with Gasteiger partial charge in [0, 0.05) is 24.5 Å². The van der Waals surface area contributed by atoms with Crippen molar-refractivity contribution < 1.29 is 0 Å². The van der Waals surface area contributed by atoms with Crippen LogP contribution < -0.4 is 4.90 Å². The first kappa shape index (κ1) is 12.6. The number of benzene rings is 1. The molecule has 1 aliphatic heterocycles. The normalized spacial score (nSPS) is 19.6. The molecule has 5 heteroatoms. The maximum absolute atomic E-state index is 6.04. The van der Waals surface area contributed by atoms with E-state index in [0.717, 1.165) is 36.2 Å². The van der Waals surface area contributed by atoms with Crippen molar-refractivity contribution in [1.82, 2.24) is 14.9 Å².